The summed E-state index contributed by atoms with van der Waals surface area (Å²) in [5.41, 5.74) is 1.19. The third-order valence-electron chi connectivity index (χ3n) is 5.19. The van der Waals surface area contributed by atoms with Gasteiger partial charge in [-0.2, -0.15) is 0 Å². The zero-order valence-electron chi connectivity index (χ0n) is 14.7. The number of imide groups is 1. The fourth-order valence-electron chi connectivity index (χ4n) is 3.77. The number of hydrogen-bond donors (Lipinski definition) is 1. The van der Waals surface area contributed by atoms with E-state index in [1.807, 2.05) is 0 Å². The van der Waals surface area contributed by atoms with Gasteiger partial charge in [0.05, 0.1) is 13.7 Å². The van der Waals surface area contributed by atoms with E-state index in [0.717, 1.165) is 25.7 Å². The lowest BCUT2D eigenvalue weighted by atomic mass is 9.84. The molecule has 6 heteroatoms. The predicted octanol–water partition coefficient (Wildman–Crippen LogP) is 2.90. The van der Waals surface area contributed by atoms with Crippen molar-refractivity contribution in [2.24, 2.45) is 5.92 Å². The largest absolute Gasteiger partial charge is 0.496 e. The second kappa shape index (κ2) is 7.25. The first kappa shape index (κ1) is 17.5. The average Bonchev–Trinajstić information content (AvgIpc) is 2.90. The van der Waals surface area contributed by atoms with Gasteiger partial charge in [-0.15, -0.1) is 0 Å². The van der Waals surface area contributed by atoms with Gasteiger partial charge in [0.15, 0.2) is 5.78 Å². The Morgan fingerprint density at radius 1 is 1.24 bits per heavy atom. The summed E-state index contributed by atoms with van der Waals surface area (Å²) in [4.78, 5) is 38.0. The van der Waals surface area contributed by atoms with Gasteiger partial charge in [-0.1, -0.05) is 19.3 Å². The molecule has 1 aliphatic heterocycles. The smallest absolute Gasteiger partial charge is 0.325 e. The number of ether oxygens (including phenoxy) is 1. The van der Waals surface area contributed by atoms with Crippen LogP contribution in [0, 0.1) is 5.92 Å². The molecule has 2 aliphatic rings. The maximum Gasteiger partial charge on any atom is 0.325 e. The summed E-state index contributed by atoms with van der Waals surface area (Å²) >= 11 is 0. The Morgan fingerprint density at radius 2 is 1.96 bits per heavy atom. The number of carbonyl (C=O) groups is 3. The summed E-state index contributed by atoms with van der Waals surface area (Å²) in [6.45, 7) is 1.59. The Bertz CT molecular complexity index is 695. The Balaban J connectivity index is 1.80. The van der Waals surface area contributed by atoms with Gasteiger partial charge in [0.25, 0.3) is 5.91 Å². The molecule has 134 valence electrons. The molecule has 1 N–H and O–H groups in total. The number of ketones is 1. The van der Waals surface area contributed by atoms with Crippen LogP contribution in [0.2, 0.25) is 0 Å². The summed E-state index contributed by atoms with van der Waals surface area (Å²) < 4.78 is 5.32. The number of nitrogens with one attached hydrogen (secondary N) is 1. The summed E-state index contributed by atoms with van der Waals surface area (Å²) in [5, 5.41) is 2.85. The summed E-state index contributed by atoms with van der Waals surface area (Å²) in [6.07, 6.45) is 5.38. The van der Waals surface area contributed by atoms with Crippen molar-refractivity contribution in [3.63, 3.8) is 0 Å². The molecule has 2 fully saturated rings. The Labute approximate surface area is 147 Å². The minimum Gasteiger partial charge on any atom is -0.496 e. The lowest BCUT2D eigenvalue weighted by molar-refractivity contribution is -0.129. The van der Waals surface area contributed by atoms with E-state index in [0.29, 0.717) is 16.9 Å². The van der Waals surface area contributed by atoms with Crippen molar-refractivity contribution in [1.29, 1.82) is 0 Å². The van der Waals surface area contributed by atoms with Crippen LogP contribution in [0.3, 0.4) is 0 Å². The summed E-state index contributed by atoms with van der Waals surface area (Å²) in [6, 6.07) is 4.28. The van der Waals surface area contributed by atoms with Crippen LogP contribution in [0.25, 0.3) is 0 Å². The van der Waals surface area contributed by atoms with E-state index in [4.69, 9.17) is 4.74 Å². The van der Waals surface area contributed by atoms with E-state index in [1.54, 1.807) is 18.2 Å². The van der Waals surface area contributed by atoms with Gasteiger partial charge in [0.1, 0.15) is 11.8 Å². The van der Waals surface area contributed by atoms with E-state index in [2.05, 4.69) is 5.32 Å². The van der Waals surface area contributed by atoms with Gasteiger partial charge in [0.2, 0.25) is 0 Å². The highest BCUT2D eigenvalue weighted by atomic mass is 16.5. The summed E-state index contributed by atoms with van der Waals surface area (Å²) in [5.74, 6) is 0.542. The van der Waals surface area contributed by atoms with E-state index in [9.17, 15) is 14.4 Å². The lowest BCUT2D eigenvalue weighted by Gasteiger charge is -2.25. The SMILES string of the molecule is COc1ccc(C(C)=O)cc1CN1C(=O)N[C@H](C2CCCCC2)C1=O. The molecule has 1 saturated heterocycles. The molecule has 0 aromatic heterocycles. The van der Waals surface area contributed by atoms with Crippen molar-refractivity contribution < 1.29 is 19.1 Å². The Kier molecular flexibility index (Phi) is 5.06. The molecular weight excluding hydrogens is 320 g/mol. The van der Waals surface area contributed by atoms with Crippen LogP contribution >= 0.6 is 0 Å². The van der Waals surface area contributed by atoms with Crippen LogP contribution in [-0.4, -0.2) is 35.8 Å². The molecule has 1 saturated carbocycles. The second-order valence-electron chi connectivity index (χ2n) is 6.83. The third-order valence-corrected chi connectivity index (χ3v) is 5.19. The van der Waals surface area contributed by atoms with Gasteiger partial charge < -0.3 is 10.1 Å². The Morgan fingerprint density at radius 3 is 2.60 bits per heavy atom. The van der Waals surface area contributed by atoms with Crippen LogP contribution in [0.5, 0.6) is 5.75 Å². The topological polar surface area (TPSA) is 75.7 Å². The molecule has 3 rings (SSSR count). The molecule has 6 nitrogen and oxygen atoms in total. The monoisotopic (exact) mass is 344 g/mol. The fourth-order valence-corrected chi connectivity index (χ4v) is 3.77. The molecule has 25 heavy (non-hydrogen) atoms. The van der Waals surface area contributed by atoms with Crippen LogP contribution in [0.1, 0.15) is 54.9 Å². The van der Waals surface area contributed by atoms with Crippen molar-refractivity contribution >= 4 is 17.7 Å². The highest BCUT2D eigenvalue weighted by Gasteiger charge is 2.42. The van der Waals surface area contributed by atoms with Crippen LogP contribution in [-0.2, 0) is 11.3 Å². The molecule has 0 radical (unpaired) electrons. The molecule has 3 amide bonds. The lowest BCUT2D eigenvalue weighted by Crippen LogP contribution is -2.38. The minimum absolute atomic E-state index is 0.0683. The molecule has 1 heterocycles. The van der Waals surface area contributed by atoms with Gasteiger partial charge >= 0.3 is 6.03 Å². The standard InChI is InChI=1S/C19H24N2O4/c1-12(22)14-8-9-16(25-2)15(10-14)11-21-18(23)17(20-19(21)24)13-6-4-3-5-7-13/h8-10,13,17H,3-7,11H2,1-2H3,(H,20,24)/t17-/m1/s1. The van der Waals surface area contributed by atoms with Crippen molar-refractivity contribution in [3.05, 3.63) is 29.3 Å². The van der Waals surface area contributed by atoms with Crippen LogP contribution in [0.4, 0.5) is 4.79 Å². The molecule has 0 bridgehead atoms. The highest BCUT2D eigenvalue weighted by molar-refractivity contribution is 6.04. The van der Waals surface area contributed by atoms with Crippen LogP contribution in [0.15, 0.2) is 18.2 Å². The van der Waals surface area contributed by atoms with Crippen molar-refractivity contribution in [2.75, 3.05) is 7.11 Å². The first-order chi connectivity index (χ1) is 12.0. The number of urea groups is 1. The second-order valence-corrected chi connectivity index (χ2v) is 6.83. The first-order valence-corrected chi connectivity index (χ1v) is 8.81. The third kappa shape index (κ3) is 3.52. The van der Waals surface area contributed by atoms with Gasteiger partial charge in [-0.3, -0.25) is 14.5 Å². The highest BCUT2D eigenvalue weighted by Crippen LogP contribution is 2.30. The molecule has 1 aromatic carbocycles. The number of rotatable bonds is 5. The van der Waals surface area contributed by atoms with Crippen molar-refractivity contribution in [3.8, 4) is 5.75 Å². The maximum atomic E-state index is 12.8. The fraction of sp³-hybridized carbons (Fsp3) is 0.526. The van der Waals surface area contributed by atoms with E-state index in [-0.39, 0.29) is 30.2 Å². The van der Waals surface area contributed by atoms with Gasteiger partial charge in [-0.05, 0) is 43.9 Å². The minimum atomic E-state index is -0.421. The zero-order valence-corrected chi connectivity index (χ0v) is 14.7. The number of methoxy groups -OCH3 is 1. The maximum absolute atomic E-state index is 12.8. The van der Waals surface area contributed by atoms with Crippen molar-refractivity contribution in [2.45, 2.75) is 51.6 Å². The number of carbonyl (C=O) groups excluding carboxylic acids is 3. The normalized spacial score (nSPS) is 21.4. The average molecular weight is 344 g/mol. The van der Waals surface area contributed by atoms with Gasteiger partial charge in [-0.25, -0.2) is 4.79 Å². The van der Waals surface area contributed by atoms with E-state index in [1.165, 1.54) is 25.4 Å². The molecule has 0 spiro atoms. The summed E-state index contributed by atoms with van der Waals surface area (Å²) in [7, 11) is 1.53. The van der Waals surface area contributed by atoms with Gasteiger partial charge in [0, 0.05) is 11.1 Å². The molecule has 1 aromatic rings. The number of benzene rings is 1. The molecule has 1 atom stereocenters. The first-order valence-electron chi connectivity index (χ1n) is 8.81. The number of amides is 3. The van der Waals surface area contributed by atoms with E-state index < -0.39 is 6.04 Å². The zero-order chi connectivity index (χ0) is 18.0. The number of nitrogens with zero attached hydrogens (tertiary/aromatic N) is 1. The molecule has 1 aliphatic carbocycles. The number of Topliss-reactive ketones (excluding diaryl/α,β-unsaturated/α-hetero) is 1. The molecule has 0 unspecified atom stereocenters. The van der Waals surface area contributed by atoms with Crippen molar-refractivity contribution in [1.82, 2.24) is 10.2 Å². The predicted molar refractivity (Wildman–Crippen MR) is 92.4 cm³/mol. The van der Waals surface area contributed by atoms with E-state index >= 15 is 0 Å². The molecular formula is C19H24N2O4. The Hall–Kier alpha value is -2.37. The van der Waals surface area contributed by atoms with Crippen LogP contribution < -0.4 is 10.1 Å². The number of hydrogen-bond acceptors (Lipinski definition) is 4. The quantitative estimate of drug-likeness (QED) is 0.658.